The van der Waals surface area contributed by atoms with Crippen molar-refractivity contribution in [3.63, 3.8) is 0 Å². The first-order valence-corrected chi connectivity index (χ1v) is 11.1. The van der Waals surface area contributed by atoms with Gasteiger partial charge < -0.3 is 9.64 Å². The number of hydrogen-bond donors (Lipinski definition) is 0. The Kier molecular flexibility index (Phi) is 6.58. The smallest absolute Gasteiger partial charge is 0.234 e. The molecule has 1 atom stereocenters. The molecule has 0 spiro atoms. The first kappa shape index (κ1) is 21.7. The van der Waals surface area contributed by atoms with E-state index in [1.54, 1.807) is 6.21 Å². The molecule has 1 heterocycles. The van der Waals surface area contributed by atoms with Gasteiger partial charge in [0.1, 0.15) is 17.4 Å². The van der Waals surface area contributed by atoms with Crippen molar-refractivity contribution in [2.75, 3.05) is 18.0 Å². The van der Waals surface area contributed by atoms with Crippen LogP contribution in [0.15, 0.2) is 89.2 Å². The maximum atomic E-state index is 10.1. The molecule has 0 aliphatic carbocycles. The number of allylic oxidation sites excluding steroid dienone is 1. The molecule has 0 saturated heterocycles. The third kappa shape index (κ3) is 4.39. The summed E-state index contributed by atoms with van der Waals surface area (Å²) in [4.78, 5) is 6.84. The summed E-state index contributed by atoms with van der Waals surface area (Å²) >= 11 is 6.12. The van der Waals surface area contributed by atoms with E-state index in [-0.39, 0.29) is 5.92 Å². The van der Waals surface area contributed by atoms with E-state index in [9.17, 15) is 5.26 Å². The fraction of sp³-hybridized carbons (Fsp3) is 0.185. The lowest BCUT2D eigenvalue weighted by atomic mass is 9.83. The number of halogens is 1. The maximum Gasteiger partial charge on any atom is 0.234 e. The lowest BCUT2D eigenvalue weighted by Gasteiger charge is -2.29. The second-order valence-electron chi connectivity index (χ2n) is 7.48. The van der Waals surface area contributed by atoms with E-state index in [2.05, 4.69) is 41.9 Å². The molecular weight excluding hydrogens is 418 g/mol. The molecule has 4 rings (SSSR count). The highest BCUT2D eigenvalue weighted by Crippen LogP contribution is 2.44. The molecule has 3 aromatic rings. The van der Waals surface area contributed by atoms with Gasteiger partial charge in [-0.3, -0.25) is 0 Å². The van der Waals surface area contributed by atoms with Crippen molar-refractivity contribution < 1.29 is 4.74 Å². The Morgan fingerprint density at radius 3 is 2.41 bits per heavy atom. The number of ether oxygens (including phenoxy) is 1. The summed E-state index contributed by atoms with van der Waals surface area (Å²) in [5.74, 6) is 0.753. The quantitative estimate of drug-likeness (QED) is 0.406. The average molecular weight is 442 g/mol. The average Bonchev–Trinajstić information content (AvgIpc) is 2.83. The van der Waals surface area contributed by atoms with Crippen LogP contribution >= 0.6 is 11.6 Å². The molecule has 1 aliphatic heterocycles. The van der Waals surface area contributed by atoms with Crippen LogP contribution in [0.4, 0.5) is 5.69 Å². The number of rotatable bonds is 6. The molecule has 0 amide bonds. The van der Waals surface area contributed by atoms with Gasteiger partial charge in [0.15, 0.2) is 0 Å². The SMILES string of the molecule is CCN(CC)c1ccc2c(c1)OC(/N=C/c1ccccc1)=C(C#N)C2c1ccc(Cl)cc1. The molecule has 0 bridgehead atoms. The molecule has 1 aliphatic rings. The number of fused-ring (bicyclic) bond motifs is 1. The molecule has 0 aromatic heterocycles. The Labute approximate surface area is 194 Å². The molecule has 4 nitrogen and oxygen atoms in total. The normalized spacial score (nSPS) is 15.2. The van der Waals surface area contributed by atoms with Gasteiger partial charge in [0.2, 0.25) is 5.88 Å². The van der Waals surface area contributed by atoms with Crippen LogP contribution in [0.3, 0.4) is 0 Å². The number of nitriles is 1. The Balaban J connectivity index is 1.84. The van der Waals surface area contributed by atoms with E-state index in [0.717, 1.165) is 35.5 Å². The topological polar surface area (TPSA) is 48.6 Å². The molecule has 0 N–H and O–H groups in total. The minimum atomic E-state index is -0.283. The van der Waals surface area contributed by atoms with Crippen molar-refractivity contribution in [1.82, 2.24) is 0 Å². The number of aliphatic imine (C=N–C) groups is 1. The highest BCUT2D eigenvalue weighted by Gasteiger charge is 2.32. The predicted octanol–water partition coefficient (Wildman–Crippen LogP) is 6.56. The van der Waals surface area contributed by atoms with Crippen LogP contribution in [0.5, 0.6) is 5.75 Å². The van der Waals surface area contributed by atoms with Crippen molar-refractivity contribution in [3.05, 3.63) is 106 Å². The second kappa shape index (κ2) is 9.72. The first-order valence-electron chi connectivity index (χ1n) is 10.7. The van der Waals surface area contributed by atoms with Crippen molar-refractivity contribution >= 4 is 23.5 Å². The summed E-state index contributed by atoms with van der Waals surface area (Å²) < 4.78 is 6.22. The molecule has 1 unspecified atom stereocenters. The van der Waals surface area contributed by atoms with Crippen LogP contribution in [0, 0.1) is 11.3 Å². The maximum absolute atomic E-state index is 10.1. The summed E-state index contributed by atoms with van der Waals surface area (Å²) in [6, 6.07) is 25.9. The Bertz CT molecular complexity index is 1190. The minimum absolute atomic E-state index is 0.283. The van der Waals surface area contributed by atoms with E-state index in [1.165, 1.54) is 0 Å². The molecular formula is C27H24ClN3O. The highest BCUT2D eigenvalue weighted by atomic mass is 35.5. The summed E-state index contributed by atoms with van der Waals surface area (Å²) in [5.41, 5.74) is 4.40. The monoisotopic (exact) mass is 441 g/mol. The van der Waals surface area contributed by atoms with Gasteiger partial charge in [-0.2, -0.15) is 5.26 Å². The Morgan fingerprint density at radius 2 is 1.75 bits per heavy atom. The molecule has 0 saturated carbocycles. The molecule has 32 heavy (non-hydrogen) atoms. The zero-order valence-electron chi connectivity index (χ0n) is 18.1. The molecule has 0 radical (unpaired) electrons. The lowest BCUT2D eigenvalue weighted by molar-refractivity contribution is 0.395. The standard InChI is InChI=1S/C27H24ClN3O/c1-3-31(4-2)22-14-15-23-25(16-22)32-27(30-18-19-8-6-5-7-9-19)24(17-29)26(23)20-10-12-21(28)13-11-20/h5-16,18,26H,3-4H2,1-2H3/b30-18+. The van der Waals surface area contributed by atoms with Gasteiger partial charge in [0, 0.05) is 41.6 Å². The zero-order chi connectivity index (χ0) is 22.5. The number of hydrogen-bond acceptors (Lipinski definition) is 4. The van der Waals surface area contributed by atoms with Crippen LogP contribution in [0.2, 0.25) is 5.02 Å². The van der Waals surface area contributed by atoms with Gasteiger partial charge in [0.05, 0.1) is 5.92 Å². The van der Waals surface area contributed by atoms with Crippen LogP contribution in [0.25, 0.3) is 0 Å². The van der Waals surface area contributed by atoms with Crippen molar-refractivity contribution in [1.29, 1.82) is 5.26 Å². The van der Waals surface area contributed by atoms with Crippen molar-refractivity contribution in [2.24, 2.45) is 4.99 Å². The Hall–Kier alpha value is -3.55. The van der Waals surface area contributed by atoms with Gasteiger partial charge in [-0.05, 0) is 43.2 Å². The van der Waals surface area contributed by atoms with Gasteiger partial charge in [0.25, 0.3) is 0 Å². The van der Waals surface area contributed by atoms with Gasteiger partial charge in [-0.1, -0.05) is 60.1 Å². The van der Waals surface area contributed by atoms with Crippen LogP contribution in [-0.4, -0.2) is 19.3 Å². The fourth-order valence-electron chi connectivity index (χ4n) is 3.96. The summed E-state index contributed by atoms with van der Waals surface area (Å²) in [6.45, 7) is 6.05. The summed E-state index contributed by atoms with van der Waals surface area (Å²) in [5, 5.41) is 10.7. The van der Waals surface area contributed by atoms with Crippen LogP contribution in [0.1, 0.15) is 36.5 Å². The third-order valence-corrected chi connectivity index (χ3v) is 5.87. The van der Waals surface area contributed by atoms with Gasteiger partial charge in [-0.15, -0.1) is 0 Å². The van der Waals surface area contributed by atoms with E-state index >= 15 is 0 Å². The van der Waals surface area contributed by atoms with E-state index in [4.69, 9.17) is 16.3 Å². The predicted molar refractivity (Wildman–Crippen MR) is 131 cm³/mol. The van der Waals surface area contributed by atoms with E-state index < -0.39 is 0 Å². The molecule has 160 valence electrons. The van der Waals surface area contributed by atoms with Crippen LogP contribution in [-0.2, 0) is 0 Å². The second-order valence-corrected chi connectivity index (χ2v) is 7.92. The number of nitrogens with zero attached hydrogens (tertiary/aromatic N) is 3. The minimum Gasteiger partial charge on any atom is -0.438 e. The van der Waals surface area contributed by atoms with Crippen molar-refractivity contribution in [2.45, 2.75) is 19.8 Å². The third-order valence-electron chi connectivity index (χ3n) is 5.62. The zero-order valence-corrected chi connectivity index (χ0v) is 18.9. The fourth-order valence-corrected chi connectivity index (χ4v) is 4.08. The van der Waals surface area contributed by atoms with Crippen LogP contribution < -0.4 is 9.64 Å². The summed E-state index contributed by atoms with van der Waals surface area (Å²) in [7, 11) is 0. The Morgan fingerprint density at radius 1 is 1.03 bits per heavy atom. The summed E-state index contributed by atoms with van der Waals surface area (Å²) in [6.07, 6.45) is 1.73. The first-order chi connectivity index (χ1) is 15.6. The largest absolute Gasteiger partial charge is 0.438 e. The van der Waals surface area contributed by atoms with E-state index in [1.807, 2.05) is 60.7 Å². The molecule has 5 heteroatoms. The molecule has 3 aromatic carbocycles. The number of benzene rings is 3. The van der Waals surface area contributed by atoms with Gasteiger partial charge >= 0.3 is 0 Å². The van der Waals surface area contributed by atoms with Gasteiger partial charge in [-0.25, -0.2) is 4.99 Å². The van der Waals surface area contributed by atoms with E-state index in [0.29, 0.717) is 22.2 Å². The lowest BCUT2D eigenvalue weighted by Crippen LogP contribution is -2.22. The number of anilines is 1. The molecule has 0 fully saturated rings. The highest BCUT2D eigenvalue weighted by molar-refractivity contribution is 6.30. The van der Waals surface area contributed by atoms with Crippen molar-refractivity contribution in [3.8, 4) is 11.8 Å².